The maximum absolute atomic E-state index is 4.57. The van der Waals surface area contributed by atoms with Crippen LogP contribution >= 0.6 is 0 Å². The standard InChI is InChI=1S/C42H34N4/c1-23-24(2)32-20-34-30-14-6-8-16-36(30)46(28-12-10-18-44-22-28)42(34)38-26(4)25(3)37-39(40(32)38)31(23)19-33-29-13-5-7-15-35(29)45(41(33)37)27-11-9-17-43-21-27/h5-26H,1-4H3. The van der Waals surface area contributed by atoms with E-state index < -0.39 is 0 Å². The first-order chi connectivity index (χ1) is 22.5. The largest absolute Gasteiger partial charge is 0.307 e. The van der Waals surface area contributed by atoms with Gasteiger partial charge in [0.15, 0.2) is 0 Å². The van der Waals surface area contributed by atoms with E-state index in [1.54, 1.807) is 0 Å². The molecule has 4 aromatic carbocycles. The number of fused-ring (bicyclic) bond motifs is 8. The quantitative estimate of drug-likeness (QED) is 0.200. The summed E-state index contributed by atoms with van der Waals surface area (Å²) >= 11 is 0. The minimum Gasteiger partial charge on any atom is -0.307 e. The Bertz CT molecular complexity index is 2360. The number of nitrogens with zero attached hydrogens (tertiary/aromatic N) is 4. The van der Waals surface area contributed by atoms with Crippen LogP contribution in [0.15, 0.2) is 110 Å². The van der Waals surface area contributed by atoms with Gasteiger partial charge in [-0.05, 0) is 106 Å². The number of aromatic nitrogens is 4. The van der Waals surface area contributed by atoms with Crippen LogP contribution in [0, 0.1) is 0 Å². The molecule has 2 aliphatic carbocycles. The summed E-state index contributed by atoms with van der Waals surface area (Å²) in [7, 11) is 0. The van der Waals surface area contributed by atoms with E-state index in [-0.39, 0.29) is 0 Å². The molecule has 222 valence electrons. The Morgan fingerprint density at radius 3 is 1.33 bits per heavy atom. The molecule has 4 heterocycles. The van der Waals surface area contributed by atoms with Crippen molar-refractivity contribution in [2.24, 2.45) is 0 Å². The normalized spacial score (nSPS) is 20.2. The van der Waals surface area contributed by atoms with Gasteiger partial charge in [0.25, 0.3) is 0 Å². The molecule has 4 unspecified atom stereocenters. The Morgan fingerprint density at radius 2 is 0.913 bits per heavy atom. The molecule has 46 heavy (non-hydrogen) atoms. The fourth-order valence-corrected chi connectivity index (χ4v) is 9.07. The maximum atomic E-state index is 4.57. The van der Waals surface area contributed by atoms with E-state index in [0.29, 0.717) is 23.7 Å². The highest BCUT2D eigenvalue weighted by molar-refractivity contribution is 6.16. The zero-order chi connectivity index (χ0) is 30.8. The Kier molecular flexibility index (Phi) is 5.19. The lowest BCUT2D eigenvalue weighted by molar-refractivity contribution is 0.584. The van der Waals surface area contributed by atoms with Crippen LogP contribution in [0.4, 0.5) is 0 Å². The molecule has 4 nitrogen and oxygen atoms in total. The fourth-order valence-electron chi connectivity index (χ4n) is 9.07. The van der Waals surface area contributed by atoms with Crippen LogP contribution < -0.4 is 0 Å². The molecule has 0 spiro atoms. The molecule has 4 atom stereocenters. The summed E-state index contributed by atoms with van der Waals surface area (Å²) < 4.78 is 4.96. The van der Waals surface area contributed by atoms with Crippen molar-refractivity contribution in [3.8, 4) is 22.5 Å². The van der Waals surface area contributed by atoms with Gasteiger partial charge in [-0.15, -0.1) is 0 Å². The summed E-state index contributed by atoms with van der Waals surface area (Å²) in [5.74, 6) is 1.38. The molecule has 0 bridgehead atoms. The molecule has 4 heteroatoms. The number of para-hydroxylation sites is 2. The molecular formula is C42H34N4. The second-order valence-corrected chi connectivity index (χ2v) is 13.6. The van der Waals surface area contributed by atoms with Crippen LogP contribution in [-0.2, 0) is 0 Å². The molecule has 2 aliphatic rings. The van der Waals surface area contributed by atoms with Crippen LogP contribution in [0.3, 0.4) is 0 Å². The third kappa shape index (κ3) is 3.14. The second-order valence-electron chi connectivity index (χ2n) is 13.6. The van der Waals surface area contributed by atoms with Crippen LogP contribution in [0.25, 0.3) is 66.1 Å². The van der Waals surface area contributed by atoms with Crippen LogP contribution in [0.5, 0.6) is 0 Å². The fraction of sp³-hybridized carbons (Fsp3) is 0.190. The monoisotopic (exact) mass is 594 g/mol. The molecule has 0 radical (unpaired) electrons. The Hall–Kier alpha value is -5.22. The molecule has 4 aromatic heterocycles. The molecule has 0 saturated heterocycles. The molecule has 0 fully saturated rings. The molecule has 8 aromatic rings. The lowest BCUT2D eigenvalue weighted by Gasteiger charge is -2.42. The van der Waals surface area contributed by atoms with E-state index in [9.17, 15) is 0 Å². The highest BCUT2D eigenvalue weighted by Crippen LogP contribution is 2.61. The second kappa shape index (κ2) is 9.17. The lowest BCUT2D eigenvalue weighted by atomic mass is 9.62. The SMILES string of the molecule is CC1c2cc3c4ccccc4n(-c4cccnc4)c3c3c2-c2c(cc4c5ccccc5n(-c5cccnc5)c4c2C(C)C3C)C1C. The average molecular weight is 595 g/mol. The van der Waals surface area contributed by atoms with Crippen molar-refractivity contribution in [2.75, 3.05) is 0 Å². The first-order valence-corrected chi connectivity index (χ1v) is 16.6. The number of benzene rings is 4. The van der Waals surface area contributed by atoms with Gasteiger partial charge in [0.2, 0.25) is 0 Å². The van der Waals surface area contributed by atoms with E-state index in [1.165, 1.54) is 77.0 Å². The Morgan fingerprint density at radius 1 is 0.478 bits per heavy atom. The first-order valence-electron chi connectivity index (χ1n) is 16.6. The van der Waals surface area contributed by atoms with Gasteiger partial charge < -0.3 is 9.13 Å². The van der Waals surface area contributed by atoms with Gasteiger partial charge in [-0.1, -0.05) is 64.1 Å². The minimum absolute atomic E-state index is 0.295. The topological polar surface area (TPSA) is 35.6 Å². The molecular weight excluding hydrogens is 560 g/mol. The van der Waals surface area contributed by atoms with E-state index in [1.807, 2.05) is 24.8 Å². The third-order valence-corrected chi connectivity index (χ3v) is 11.5. The van der Waals surface area contributed by atoms with Crippen molar-refractivity contribution < 1.29 is 0 Å². The summed E-state index contributed by atoms with van der Waals surface area (Å²) in [5.41, 5.74) is 16.2. The van der Waals surface area contributed by atoms with Gasteiger partial charge in [-0.25, -0.2) is 0 Å². The Labute approximate surface area is 268 Å². The van der Waals surface area contributed by atoms with Crippen molar-refractivity contribution >= 4 is 43.6 Å². The minimum atomic E-state index is 0.295. The zero-order valence-corrected chi connectivity index (χ0v) is 26.5. The number of rotatable bonds is 2. The highest BCUT2D eigenvalue weighted by Gasteiger charge is 2.42. The van der Waals surface area contributed by atoms with Gasteiger partial charge in [0.1, 0.15) is 0 Å². The van der Waals surface area contributed by atoms with Gasteiger partial charge in [0, 0.05) is 33.9 Å². The molecule has 0 amide bonds. The van der Waals surface area contributed by atoms with E-state index in [4.69, 9.17) is 0 Å². The summed E-state index contributed by atoms with van der Waals surface area (Å²) in [6, 6.07) is 31.4. The van der Waals surface area contributed by atoms with E-state index in [0.717, 1.165) is 11.4 Å². The summed E-state index contributed by atoms with van der Waals surface area (Å²) in [4.78, 5) is 9.13. The van der Waals surface area contributed by atoms with Gasteiger partial charge in [-0.2, -0.15) is 0 Å². The zero-order valence-electron chi connectivity index (χ0n) is 26.5. The lowest BCUT2D eigenvalue weighted by Crippen LogP contribution is -2.24. The molecule has 0 saturated carbocycles. The molecule has 0 aliphatic heterocycles. The average Bonchev–Trinajstić information content (AvgIpc) is 3.61. The molecule has 0 N–H and O–H groups in total. The number of hydrogen-bond donors (Lipinski definition) is 0. The van der Waals surface area contributed by atoms with E-state index in [2.05, 4.69) is 132 Å². The summed E-state index contributed by atoms with van der Waals surface area (Å²) in [6.07, 6.45) is 7.75. The highest BCUT2D eigenvalue weighted by atomic mass is 15.0. The van der Waals surface area contributed by atoms with Crippen molar-refractivity contribution in [1.82, 2.24) is 19.1 Å². The van der Waals surface area contributed by atoms with Gasteiger partial charge in [-0.3, -0.25) is 9.97 Å². The van der Waals surface area contributed by atoms with Gasteiger partial charge >= 0.3 is 0 Å². The predicted molar refractivity (Wildman–Crippen MR) is 190 cm³/mol. The first kappa shape index (κ1) is 26.0. The van der Waals surface area contributed by atoms with Gasteiger partial charge in [0.05, 0.1) is 45.8 Å². The van der Waals surface area contributed by atoms with Crippen LogP contribution in [0.1, 0.15) is 73.6 Å². The number of pyridine rings is 2. The molecule has 10 rings (SSSR count). The summed E-state index contributed by atoms with van der Waals surface area (Å²) in [6.45, 7) is 9.82. The van der Waals surface area contributed by atoms with Crippen molar-refractivity contribution in [3.05, 3.63) is 132 Å². The smallest absolute Gasteiger partial charge is 0.0645 e. The third-order valence-electron chi connectivity index (χ3n) is 11.5. The van der Waals surface area contributed by atoms with Crippen molar-refractivity contribution in [1.29, 1.82) is 0 Å². The number of hydrogen-bond acceptors (Lipinski definition) is 2. The van der Waals surface area contributed by atoms with E-state index >= 15 is 0 Å². The van der Waals surface area contributed by atoms with Crippen LogP contribution in [0.2, 0.25) is 0 Å². The van der Waals surface area contributed by atoms with Crippen molar-refractivity contribution in [3.63, 3.8) is 0 Å². The predicted octanol–water partition coefficient (Wildman–Crippen LogP) is 10.8. The maximum Gasteiger partial charge on any atom is 0.0645 e. The van der Waals surface area contributed by atoms with Crippen LogP contribution in [-0.4, -0.2) is 19.1 Å². The Balaban J connectivity index is 1.44. The summed E-state index contributed by atoms with van der Waals surface area (Å²) in [5, 5.41) is 5.32. The van der Waals surface area contributed by atoms with Crippen molar-refractivity contribution in [2.45, 2.75) is 51.4 Å².